The molecule has 1 aliphatic carbocycles. The van der Waals surface area contributed by atoms with Gasteiger partial charge in [0.05, 0.1) is 47.9 Å². The number of rotatable bonds is 23. The molecule has 0 fully saturated rings. The Bertz CT molecular complexity index is 1380. The number of carbonyl (C=O) groups excluding carboxylic acids is 1. The highest BCUT2D eigenvalue weighted by Gasteiger charge is 2.38. The van der Waals surface area contributed by atoms with Gasteiger partial charge in [0.25, 0.3) is 5.69 Å². The Labute approximate surface area is 302 Å². The van der Waals surface area contributed by atoms with Crippen LogP contribution in [0.3, 0.4) is 0 Å². The van der Waals surface area contributed by atoms with Crippen LogP contribution in [-0.4, -0.2) is 81.7 Å². The Morgan fingerprint density at radius 3 is 2.43 bits per heavy atom. The summed E-state index contributed by atoms with van der Waals surface area (Å²) >= 11 is 3.86. The molecular weight excluding hydrogens is 677 g/mol. The first-order valence-electron chi connectivity index (χ1n) is 17.0. The Morgan fingerprint density at radius 2 is 1.78 bits per heavy atom. The molecule has 12 heteroatoms. The molecule has 1 aliphatic rings. The highest BCUT2D eigenvalue weighted by atomic mass is 32.2. The lowest BCUT2D eigenvalue weighted by atomic mass is 9.73. The van der Waals surface area contributed by atoms with Gasteiger partial charge in [-0.05, 0) is 53.7 Å². The number of ketones is 1. The van der Waals surface area contributed by atoms with Gasteiger partial charge in [-0.2, -0.15) is 0 Å². The maximum absolute atomic E-state index is 14.3. The first kappa shape index (κ1) is 41.0. The monoisotopic (exact) mass is 730 g/mol. The van der Waals surface area contributed by atoms with E-state index in [4.69, 9.17) is 18.9 Å². The van der Waals surface area contributed by atoms with Crippen LogP contribution in [0.25, 0.3) is 5.57 Å². The third-order valence-corrected chi connectivity index (χ3v) is 12.5. The maximum Gasteiger partial charge on any atom is 0.277 e. The second-order valence-corrected chi connectivity index (χ2v) is 21.9. The van der Waals surface area contributed by atoms with Crippen LogP contribution >= 0.6 is 23.5 Å². The zero-order valence-corrected chi connectivity index (χ0v) is 32.5. The fraction of sp³-hybridized carbons (Fsp3) is 0.541. The SMILES string of the molecule is CCSC(CNC/C(=C/COCc1ccc(OC)cc1)[C@@H]1CC=C(c2ccccc2[N+](=O)[O-])C(=O)[C@H]1COCOCC[Si](C)(C)C)SCC. The van der Waals surface area contributed by atoms with Crippen LogP contribution in [0.4, 0.5) is 5.69 Å². The number of allylic oxidation sites excluding steroid dienone is 2. The van der Waals surface area contributed by atoms with Gasteiger partial charge in [0, 0.05) is 39.4 Å². The van der Waals surface area contributed by atoms with Crippen molar-refractivity contribution in [2.24, 2.45) is 11.8 Å². The van der Waals surface area contributed by atoms with Crippen molar-refractivity contribution in [3.05, 3.63) is 87.5 Å². The zero-order valence-electron chi connectivity index (χ0n) is 29.9. The van der Waals surface area contributed by atoms with Crippen LogP contribution in [0, 0.1) is 22.0 Å². The molecule has 0 heterocycles. The Morgan fingerprint density at radius 1 is 1.06 bits per heavy atom. The lowest BCUT2D eigenvalue weighted by molar-refractivity contribution is -0.385. The lowest BCUT2D eigenvalue weighted by Crippen LogP contribution is -2.37. The fourth-order valence-corrected chi connectivity index (χ4v) is 8.73. The summed E-state index contributed by atoms with van der Waals surface area (Å²) in [5, 5.41) is 15.6. The smallest absolute Gasteiger partial charge is 0.277 e. The minimum atomic E-state index is -1.25. The molecule has 2 aromatic carbocycles. The molecule has 0 saturated heterocycles. The Hall–Kier alpha value is -2.45. The van der Waals surface area contributed by atoms with Gasteiger partial charge in [0.1, 0.15) is 12.5 Å². The van der Waals surface area contributed by atoms with Gasteiger partial charge in [0.15, 0.2) is 5.78 Å². The van der Waals surface area contributed by atoms with Gasteiger partial charge >= 0.3 is 0 Å². The van der Waals surface area contributed by atoms with Crippen molar-refractivity contribution in [2.45, 2.75) is 57.1 Å². The molecule has 270 valence electrons. The van der Waals surface area contributed by atoms with E-state index in [1.54, 1.807) is 25.3 Å². The van der Waals surface area contributed by atoms with Gasteiger partial charge in [0.2, 0.25) is 0 Å². The van der Waals surface area contributed by atoms with Gasteiger partial charge in [-0.1, -0.05) is 75.5 Å². The number of carbonyl (C=O) groups is 1. The average molecular weight is 731 g/mol. The summed E-state index contributed by atoms with van der Waals surface area (Å²) in [7, 11) is 0.390. The van der Waals surface area contributed by atoms with E-state index in [0.29, 0.717) is 48.5 Å². The second kappa shape index (κ2) is 21.7. The first-order valence-corrected chi connectivity index (χ1v) is 22.9. The van der Waals surface area contributed by atoms with Crippen molar-refractivity contribution in [2.75, 3.05) is 58.3 Å². The molecule has 9 nitrogen and oxygen atoms in total. The number of nitrogens with zero attached hydrogens (tertiary/aromatic N) is 1. The number of hydrogen-bond donors (Lipinski definition) is 1. The molecule has 1 N–H and O–H groups in total. The summed E-state index contributed by atoms with van der Waals surface area (Å²) in [5.74, 6) is 2.00. The third-order valence-electron chi connectivity index (χ3n) is 8.23. The number of para-hydroxylation sites is 1. The van der Waals surface area contributed by atoms with Crippen LogP contribution in [0.1, 0.15) is 31.4 Å². The molecular formula is C37H54N2O7S2Si. The van der Waals surface area contributed by atoms with Crippen LogP contribution in [-0.2, 0) is 25.6 Å². The van der Waals surface area contributed by atoms with E-state index < -0.39 is 18.9 Å². The number of methoxy groups -OCH3 is 1. The summed E-state index contributed by atoms with van der Waals surface area (Å²) in [6.07, 6.45) is 4.50. The number of benzene rings is 2. The van der Waals surface area contributed by atoms with E-state index in [1.165, 1.54) is 6.07 Å². The van der Waals surface area contributed by atoms with Crippen molar-refractivity contribution in [3.8, 4) is 5.75 Å². The topological polar surface area (TPSA) is 109 Å². The summed E-state index contributed by atoms with van der Waals surface area (Å²) < 4.78 is 23.6. The van der Waals surface area contributed by atoms with Gasteiger partial charge in [-0.15, -0.1) is 23.5 Å². The molecule has 2 aromatic rings. The van der Waals surface area contributed by atoms with E-state index in [1.807, 2.05) is 53.9 Å². The van der Waals surface area contributed by atoms with E-state index in [-0.39, 0.29) is 30.8 Å². The number of thioether (sulfide) groups is 2. The first-order chi connectivity index (χ1) is 23.6. The molecule has 2 atom stereocenters. The van der Waals surface area contributed by atoms with E-state index in [2.05, 4.69) is 44.9 Å². The van der Waals surface area contributed by atoms with E-state index >= 15 is 0 Å². The molecule has 0 bridgehead atoms. The quantitative estimate of drug-likeness (QED) is 0.0301. The lowest BCUT2D eigenvalue weighted by Gasteiger charge is -2.32. The van der Waals surface area contributed by atoms with Crippen molar-refractivity contribution in [1.82, 2.24) is 5.32 Å². The van der Waals surface area contributed by atoms with Crippen LogP contribution in [0.2, 0.25) is 25.7 Å². The predicted molar refractivity (Wildman–Crippen MR) is 206 cm³/mol. The Balaban J connectivity index is 1.86. The molecule has 0 aliphatic heterocycles. The van der Waals surface area contributed by atoms with Gasteiger partial charge in [-0.3, -0.25) is 14.9 Å². The largest absolute Gasteiger partial charge is 0.497 e. The van der Waals surface area contributed by atoms with E-state index in [0.717, 1.165) is 41.0 Å². The van der Waals surface area contributed by atoms with Crippen LogP contribution < -0.4 is 10.1 Å². The summed E-state index contributed by atoms with van der Waals surface area (Å²) in [6, 6.07) is 15.3. The van der Waals surface area contributed by atoms with Crippen LogP contribution in [0.5, 0.6) is 5.75 Å². The van der Waals surface area contributed by atoms with Crippen LogP contribution in [0.15, 0.2) is 66.3 Å². The average Bonchev–Trinajstić information content (AvgIpc) is 3.08. The van der Waals surface area contributed by atoms with Crippen molar-refractivity contribution in [1.29, 1.82) is 0 Å². The molecule has 0 spiro atoms. The fourth-order valence-electron chi connectivity index (χ4n) is 5.56. The Kier molecular flexibility index (Phi) is 18.1. The number of Topliss-reactive ketones (excluding diaryl/α,β-unsaturated/α-hetero) is 1. The van der Waals surface area contributed by atoms with Gasteiger partial charge < -0.3 is 24.3 Å². The minimum Gasteiger partial charge on any atom is -0.497 e. The molecule has 0 unspecified atom stereocenters. The molecule has 3 rings (SSSR count). The predicted octanol–water partition coefficient (Wildman–Crippen LogP) is 8.09. The van der Waals surface area contributed by atoms with E-state index in [9.17, 15) is 14.9 Å². The van der Waals surface area contributed by atoms with Crippen molar-refractivity contribution in [3.63, 3.8) is 0 Å². The molecule has 49 heavy (non-hydrogen) atoms. The van der Waals surface area contributed by atoms with Crippen molar-refractivity contribution >= 4 is 48.6 Å². The maximum atomic E-state index is 14.3. The number of hydrogen-bond acceptors (Lipinski definition) is 10. The van der Waals surface area contributed by atoms with Gasteiger partial charge in [-0.25, -0.2) is 0 Å². The summed E-state index contributed by atoms with van der Waals surface area (Å²) in [6.45, 7) is 14.3. The third kappa shape index (κ3) is 14.0. The molecule has 0 radical (unpaired) electrons. The van der Waals surface area contributed by atoms with Crippen molar-refractivity contribution < 1.29 is 28.7 Å². The number of nitro benzene ring substituents is 1. The normalized spacial score (nSPS) is 17.0. The number of nitrogens with one attached hydrogen (secondary N) is 1. The number of nitro groups is 1. The molecule has 0 saturated carbocycles. The minimum absolute atomic E-state index is 0.0767. The second-order valence-electron chi connectivity index (χ2n) is 13.0. The highest BCUT2D eigenvalue weighted by Crippen LogP contribution is 2.39. The number of ether oxygens (including phenoxy) is 4. The molecule has 0 aromatic heterocycles. The standard InChI is InChI=1S/C37H54N2O7S2Si/c1-7-47-36(48-8-2)24-38-23-29(19-20-44-25-28-13-15-30(43-3)16-14-28)31-17-18-33(32-11-9-10-12-35(32)39(41)42)37(40)34(31)26-46-27-45-21-22-49(4,5)6/h9-16,18-19,31,34,36,38H,7-8,17,20-27H2,1-6H3/b29-19-/t31-,34-/m0/s1. The molecule has 0 amide bonds. The summed E-state index contributed by atoms with van der Waals surface area (Å²) in [4.78, 5) is 25.8. The highest BCUT2D eigenvalue weighted by molar-refractivity contribution is 8.17. The zero-order chi connectivity index (χ0) is 35.6. The summed E-state index contributed by atoms with van der Waals surface area (Å²) in [5.41, 5.74) is 2.74.